The summed E-state index contributed by atoms with van der Waals surface area (Å²) in [6, 6.07) is 0. The Balaban J connectivity index is 4.19. The quantitative estimate of drug-likeness (QED) is 0.491. The van der Waals surface area contributed by atoms with Crippen LogP contribution in [0.15, 0.2) is 12.2 Å². The van der Waals surface area contributed by atoms with Gasteiger partial charge in [0.05, 0.1) is 0 Å². The number of hydrogen-bond donors (Lipinski definition) is 0. The van der Waals surface area contributed by atoms with Crippen LogP contribution in [0.1, 0.15) is 67.2 Å². The zero-order chi connectivity index (χ0) is 11.9. The van der Waals surface area contributed by atoms with Crippen molar-refractivity contribution in [1.29, 1.82) is 0 Å². The fraction of sp³-hybridized carbons (Fsp3) is 0.867. The maximum Gasteiger partial charge on any atom is -0.0172 e. The van der Waals surface area contributed by atoms with Crippen LogP contribution in [0.4, 0.5) is 0 Å². The minimum atomic E-state index is 0.378. The molecule has 0 nitrogen and oxygen atoms in total. The number of hydrogen-bond acceptors (Lipinski definition) is 0. The molecule has 0 N–H and O–H groups in total. The van der Waals surface area contributed by atoms with Crippen LogP contribution in [-0.4, -0.2) is 0 Å². The molecule has 0 aliphatic rings. The van der Waals surface area contributed by atoms with Gasteiger partial charge in [-0.05, 0) is 37.0 Å². The van der Waals surface area contributed by atoms with Gasteiger partial charge in [-0.1, -0.05) is 59.6 Å². The molecule has 2 unspecified atom stereocenters. The monoisotopic (exact) mass is 210 g/mol. The Bertz CT molecular complexity index is 176. The van der Waals surface area contributed by atoms with E-state index in [0.717, 1.165) is 11.8 Å². The summed E-state index contributed by atoms with van der Waals surface area (Å²) in [5, 5.41) is 0. The standard InChI is InChI=1S/C15H30/c1-7-10-15(5,6)12-14(9-3)11-13(4)8-2/h7,10,13-14H,8-9,11-12H2,1-6H3. The Labute approximate surface area is 97.2 Å². The topological polar surface area (TPSA) is 0 Å². The van der Waals surface area contributed by atoms with Gasteiger partial charge in [0, 0.05) is 0 Å². The largest absolute Gasteiger partial charge is 0.0911 e. The zero-order valence-corrected chi connectivity index (χ0v) is 11.6. The summed E-state index contributed by atoms with van der Waals surface area (Å²) in [6.45, 7) is 13.8. The van der Waals surface area contributed by atoms with Crippen molar-refractivity contribution >= 4 is 0 Å². The van der Waals surface area contributed by atoms with E-state index in [0.29, 0.717) is 5.41 Å². The lowest BCUT2D eigenvalue weighted by Gasteiger charge is -2.28. The van der Waals surface area contributed by atoms with E-state index in [-0.39, 0.29) is 0 Å². The highest BCUT2D eigenvalue weighted by molar-refractivity contribution is 4.93. The summed E-state index contributed by atoms with van der Waals surface area (Å²) >= 11 is 0. The molecule has 0 heteroatoms. The molecule has 90 valence electrons. The van der Waals surface area contributed by atoms with E-state index in [1.54, 1.807) is 0 Å². The van der Waals surface area contributed by atoms with Gasteiger partial charge >= 0.3 is 0 Å². The predicted molar refractivity (Wildman–Crippen MR) is 71.1 cm³/mol. The minimum Gasteiger partial charge on any atom is -0.0911 e. The van der Waals surface area contributed by atoms with Crippen molar-refractivity contribution in [3.05, 3.63) is 12.2 Å². The summed E-state index contributed by atoms with van der Waals surface area (Å²) < 4.78 is 0. The van der Waals surface area contributed by atoms with Gasteiger partial charge in [0.25, 0.3) is 0 Å². The van der Waals surface area contributed by atoms with Crippen molar-refractivity contribution < 1.29 is 0 Å². The van der Waals surface area contributed by atoms with Gasteiger partial charge in [-0.25, -0.2) is 0 Å². The molecule has 0 heterocycles. The van der Waals surface area contributed by atoms with Gasteiger partial charge in [0.2, 0.25) is 0 Å². The van der Waals surface area contributed by atoms with Crippen LogP contribution in [0.3, 0.4) is 0 Å². The van der Waals surface area contributed by atoms with E-state index in [2.05, 4.69) is 53.7 Å². The molecule has 0 aromatic rings. The highest BCUT2D eigenvalue weighted by Crippen LogP contribution is 2.32. The molecule has 0 spiro atoms. The van der Waals surface area contributed by atoms with Crippen LogP contribution in [0.25, 0.3) is 0 Å². The second-order valence-corrected chi connectivity index (χ2v) is 5.72. The van der Waals surface area contributed by atoms with E-state index in [4.69, 9.17) is 0 Å². The summed E-state index contributed by atoms with van der Waals surface area (Å²) in [5.74, 6) is 1.78. The fourth-order valence-electron chi connectivity index (χ4n) is 2.39. The second-order valence-electron chi connectivity index (χ2n) is 5.72. The van der Waals surface area contributed by atoms with E-state index >= 15 is 0 Å². The summed E-state index contributed by atoms with van der Waals surface area (Å²) in [6.07, 6.45) is 9.92. The Morgan fingerprint density at radius 3 is 2.13 bits per heavy atom. The van der Waals surface area contributed by atoms with Gasteiger partial charge in [-0.3, -0.25) is 0 Å². The molecule has 0 aromatic heterocycles. The smallest absolute Gasteiger partial charge is 0.0172 e. The molecule has 0 aliphatic carbocycles. The zero-order valence-electron chi connectivity index (χ0n) is 11.6. The maximum atomic E-state index is 2.38. The number of rotatable bonds is 7. The summed E-state index contributed by atoms with van der Waals surface area (Å²) in [5.41, 5.74) is 0.378. The van der Waals surface area contributed by atoms with Gasteiger partial charge in [0.1, 0.15) is 0 Å². The normalized spacial score (nSPS) is 16.9. The van der Waals surface area contributed by atoms with Crippen molar-refractivity contribution in [3.8, 4) is 0 Å². The predicted octanol–water partition coefficient (Wildman–Crippen LogP) is 5.44. The first-order valence-electron chi connectivity index (χ1n) is 6.59. The first kappa shape index (κ1) is 14.7. The third-order valence-electron chi connectivity index (χ3n) is 3.44. The fourth-order valence-corrected chi connectivity index (χ4v) is 2.39. The lowest BCUT2D eigenvalue weighted by molar-refractivity contribution is 0.275. The van der Waals surface area contributed by atoms with E-state index in [9.17, 15) is 0 Å². The maximum absolute atomic E-state index is 2.38. The molecule has 0 amide bonds. The van der Waals surface area contributed by atoms with Crippen molar-refractivity contribution in [2.45, 2.75) is 67.2 Å². The molecule has 0 radical (unpaired) electrons. The first-order valence-corrected chi connectivity index (χ1v) is 6.59. The van der Waals surface area contributed by atoms with E-state index in [1.807, 2.05) is 0 Å². The minimum absolute atomic E-state index is 0.378. The van der Waals surface area contributed by atoms with Crippen molar-refractivity contribution in [1.82, 2.24) is 0 Å². The highest BCUT2D eigenvalue weighted by Gasteiger charge is 2.20. The molecule has 0 aromatic carbocycles. The average molecular weight is 210 g/mol. The molecule has 15 heavy (non-hydrogen) atoms. The van der Waals surface area contributed by atoms with Crippen LogP contribution in [-0.2, 0) is 0 Å². The van der Waals surface area contributed by atoms with Crippen LogP contribution in [0.2, 0.25) is 0 Å². The molecule has 0 saturated heterocycles. The third-order valence-corrected chi connectivity index (χ3v) is 3.44. The van der Waals surface area contributed by atoms with Crippen LogP contribution in [0.5, 0.6) is 0 Å². The first-order chi connectivity index (χ1) is 6.95. The summed E-state index contributed by atoms with van der Waals surface area (Å²) in [7, 11) is 0. The van der Waals surface area contributed by atoms with Crippen molar-refractivity contribution in [3.63, 3.8) is 0 Å². The lowest BCUT2D eigenvalue weighted by Crippen LogP contribution is -2.16. The molecular weight excluding hydrogens is 180 g/mol. The summed E-state index contributed by atoms with van der Waals surface area (Å²) in [4.78, 5) is 0. The van der Waals surface area contributed by atoms with Crippen LogP contribution >= 0.6 is 0 Å². The molecule has 0 aliphatic heterocycles. The van der Waals surface area contributed by atoms with E-state index in [1.165, 1.54) is 25.7 Å². The highest BCUT2D eigenvalue weighted by atomic mass is 14.3. The molecule has 0 saturated carbocycles. The molecule has 0 rings (SSSR count). The van der Waals surface area contributed by atoms with Crippen LogP contribution < -0.4 is 0 Å². The number of allylic oxidation sites excluding steroid dienone is 2. The van der Waals surface area contributed by atoms with Gasteiger partial charge < -0.3 is 0 Å². The average Bonchev–Trinajstić information content (AvgIpc) is 2.16. The van der Waals surface area contributed by atoms with Gasteiger partial charge in [-0.2, -0.15) is 0 Å². The molecule has 0 bridgehead atoms. The lowest BCUT2D eigenvalue weighted by atomic mass is 9.78. The molecule has 0 fully saturated rings. The third kappa shape index (κ3) is 6.76. The second kappa shape index (κ2) is 7.09. The van der Waals surface area contributed by atoms with E-state index < -0.39 is 0 Å². The Morgan fingerprint density at radius 1 is 1.13 bits per heavy atom. The molecule has 2 atom stereocenters. The Kier molecular flexibility index (Phi) is 6.96. The van der Waals surface area contributed by atoms with Gasteiger partial charge in [0.15, 0.2) is 0 Å². The van der Waals surface area contributed by atoms with Crippen LogP contribution in [0, 0.1) is 17.3 Å². The van der Waals surface area contributed by atoms with Gasteiger partial charge in [-0.15, -0.1) is 0 Å². The molecular formula is C15H30. The van der Waals surface area contributed by atoms with Crippen molar-refractivity contribution in [2.24, 2.45) is 17.3 Å². The van der Waals surface area contributed by atoms with Crippen molar-refractivity contribution in [2.75, 3.05) is 0 Å². The Morgan fingerprint density at radius 2 is 1.73 bits per heavy atom. The SMILES string of the molecule is CC=CC(C)(C)CC(CC)CC(C)CC. The Hall–Kier alpha value is -0.260.